The number of halogens is 1. The molecule has 3 nitrogen and oxygen atoms in total. The number of rotatable bonds is 6. The zero-order valence-electron chi connectivity index (χ0n) is 12.2. The number of quaternary nitrogens is 1. The SMILES string of the molecule is C[C@H](NC(=O)C[NH2+][C@H](C)c1ccccc1Cl)c1cccs1. The Kier molecular flexibility index (Phi) is 5.79. The van der Waals surface area contributed by atoms with E-state index in [0.717, 1.165) is 10.6 Å². The third-order valence-corrected chi connectivity index (χ3v) is 4.80. The summed E-state index contributed by atoms with van der Waals surface area (Å²) in [7, 11) is 0. The van der Waals surface area contributed by atoms with Crippen molar-refractivity contribution in [1.29, 1.82) is 0 Å². The van der Waals surface area contributed by atoms with Gasteiger partial charge in [-0.1, -0.05) is 35.9 Å². The van der Waals surface area contributed by atoms with Gasteiger partial charge in [0, 0.05) is 15.5 Å². The molecular weight excluding hydrogens is 304 g/mol. The monoisotopic (exact) mass is 323 g/mol. The van der Waals surface area contributed by atoms with E-state index < -0.39 is 0 Å². The van der Waals surface area contributed by atoms with Gasteiger partial charge in [0.15, 0.2) is 6.54 Å². The quantitative estimate of drug-likeness (QED) is 0.843. The molecule has 1 aromatic carbocycles. The van der Waals surface area contributed by atoms with Gasteiger partial charge in [0.25, 0.3) is 5.91 Å². The van der Waals surface area contributed by atoms with Crippen LogP contribution in [0.4, 0.5) is 0 Å². The fourth-order valence-electron chi connectivity index (χ4n) is 2.16. The normalized spacial score (nSPS) is 13.7. The van der Waals surface area contributed by atoms with E-state index >= 15 is 0 Å². The lowest BCUT2D eigenvalue weighted by molar-refractivity contribution is -0.682. The van der Waals surface area contributed by atoms with E-state index in [1.807, 2.05) is 54.0 Å². The fourth-order valence-corrected chi connectivity index (χ4v) is 3.21. The number of amides is 1. The molecule has 0 fully saturated rings. The first-order valence-electron chi connectivity index (χ1n) is 6.98. The first-order valence-corrected chi connectivity index (χ1v) is 8.24. The Bertz CT molecular complexity index is 586. The molecule has 0 aliphatic heterocycles. The number of nitrogens with two attached hydrogens (primary N) is 1. The molecule has 1 amide bonds. The van der Waals surface area contributed by atoms with Gasteiger partial charge in [-0.2, -0.15) is 0 Å². The molecule has 3 N–H and O–H groups in total. The van der Waals surface area contributed by atoms with E-state index in [4.69, 9.17) is 11.6 Å². The van der Waals surface area contributed by atoms with Gasteiger partial charge in [-0.3, -0.25) is 4.79 Å². The summed E-state index contributed by atoms with van der Waals surface area (Å²) >= 11 is 7.82. The van der Waals surface area contributed by atoms with Crippen LogP contribution in [0.25, 0.3) is 0 Å². The molecular formula is C16H20ClN2OS+. The van der Waals surface area contributed by atoms with Crippen molar-refractivity contribution in [2.75, 3.05) is 6.54 Å². The van der Waals surface area contributed by atoms with Gasteiger partial charge in [-0.15, -0.1) is 11.3 Å². The lowest BCUT2D eigenvalue weighted by Gasteiger charge is -2.14. The van der Waals surface area contributed by atoms with E-state index in [2.05, 4.69) is 12.2 Å². The highest BCUT2D eigenvalue weighted by atomic mass is 35.5. The van der Waals surface area contributed by atoms with Crippen LogP contribution < -0.4 is 10.6 Å². The van der Waals surface area contributed by atoms with Crippen molar-refractivity contribution >= 4 is 28.8 Å². The smallest absolute Gasteiger partial charge is 0.275 e. The van der Waals surface area contributed by atoms with Gasteiger partial charge in [-0.25, -0.2) is 0 Å². The minimum Gasteiger partial charge on any atom is -0.344 e. The van der Waals surface area contributed by atoms with Crippen molar-refractivity contribution in [2.45, 2.75) is 25.9 Å². The highest BCUT2D eigenvalue weighted by Gasteiger charge is 2.16. The van der Waals surface area contributed by atoms with Crippen molar-refractivity contribution < 1.29 is 10.1 Å². The third kappa shape index (κ3) is 4.56. The maximum absolute atomic E-state index is 12.0. The van der Waals surface area contributed by atoms with Crippen LogP contribution in [-0.2, 0) is 4.79 Å². The second kappa shape index (κ2) is 7.59. The Morgan fingerprint density at radius 1 is 1.29 bits per heavy atom. The summed E-state index contributed by atoms with van der Waals surface area (Å²) < 4.78 is 0. The summed E-state index contributed by atoms with van der Waals surface area (Å²) in [5.41, 5.74) is 1.05. The van der Waals surface area contributed by atoms with Crippen LogP contribution in [0.15, 0.2) is 41.8 Å². The zero-order valence-corrected chi connectivity index (χ0v) is 13.7. The Hall–Kier alpha value is -1.36. The Balaban J connectivity index is 1.83. The minimum atomic E-state index is 0.0369. The number of carbonyl (C=O) groups is 1. The predicted octanol–water partition coefficient (Wildman–Crippen LogP) is 2.90. The molecule has 0 aliphatic carbocycles. The molecule has 1 aromatic heterocycles. The van der Waals surface area contributed by atoms with Crippen LogP contribution in [0.3, 0.4) is 0 Å². The van der Waals surface area contributed by atoms with Crippen LogP contribution in [0.5, 0.6) is 0 Å². The molecule has 0 bridgehead atoms. The molecule has 0 radical (unpaired) electrons. The van der Waals surface area contributed by atoms with Crippen molar-refractivity contribution in [3.05, 3.63) is 57.2 Å². The van der Waals surface area contributed by atoms with Crippen molar-refractivity contribution in [1.82, 2.24) is 5.32 Å². The number of thiophene rings is 1. The molecule has 1 heterocycles. The highest BCUT2D eigenvalue weighted by Crippen LogP contribution is 2.19. The molecule has 2 atom stereocenters. The lowest BCUT2D eigenvalue weighted by atomic mass is 10.1. The van der Waals surface area contributed by atoms with Gasteiger partial charge in [0.1, 0.15) is 6.04 Å². The summed E-state index contributed by atoms with van der Waals surface area (Å²) in [5, 5.41) is 7.77. The second-order valence-corrected chi connectivity index (χ2v) is 6.44. The number of carbonyl (C=O) groups excluding carboxylic acids is 1. The van der Waals surface area contributed by atoms with Crippen LogP contribution >= 0.6 is 22.9 Å². The Labute approximate surface area is 134 Å². The highest BCUT2D eigenvalue weighted by molar-refractivity contribution is 7.10. The number of nitrogens with one attached hydrogen (secondary N) is 1. The van der Waals surface area contributed by atoms with Gasteiger partial charge in [0.05, 0.1) is 6.04 Å². The van der Waals surface area contributed by atoms with Crippen LogP contribution in [0.2, 0.25) is 5.02 Å². The lowest BCUT2D eigenvalue weighted by Crippen LogP contribution is -2.87. The zero-order chi connectivity index (χ0) is 15.2. The topological polar surface area (TPSA) is 45.7 Å². The third-order valence-electron chi connectivity index (χ3n) is 3.40. The van der Waals surface area contributed by atoms with E-state index in [1.54, 1.807) is 11.3 Å². The molecule has 5 heteroatoms. The first kappa shape index (κ1) is 16.0. The summed E-state index contributed by atoms with van der Waals surface area (Å²) in [6.07, 6.45) is 0. The van der Waals surface area contributed by atoms with Gasteiger partial charge >= 0.3 is 0 Å². The van der Waals surface area contributed by atoms with E-state index in [1.165, 1.54) is 4.88 Å². The molecule has 21 heavy (non-hydrogen) atoms. The van der Waals surface area contributed by atoms with Crippen LogP contribution in [0, 0.1) is 0 Å². The van der Waals surface area contributed by atoms with E-state index in [9.17, 15) is 4.79 Å². The largest absolute Gasteiger partial charge is 0.344 e. The maximum atomic E-state index is 12.0. The van der Waals surface area contributed by atoms with Gasteiger partial charge in [-0.05, 0) is 31.4 Å². The standard InChI is InChI=1S/C16H19ClN2OS/c1-11(13-6-3-4-7-14(13)17)18-10-16(20)19-12(2)15-8-5-9-21-15/h3-9,11-12,18H,10H2,1-2H3,(H,19,20)/p+1/t11-,12+/m1/s1. The second-order valence-electron chi connectivity index (χ2n) is 5.05. The van der Waals surface area contributed by atoms with Gasteiger partial charge < -0.3 is 10.6 Å². The number of benzene rings is 1. The molecule has 0 unspecified atom stereocenters. The van der Waals surface area contributed by atoms with Crippen molar-refractivity contribution in [3.8, 4) is 0 Å². The fraction of sp³-hybridized carbons (Fsp3) is 0.312. The first-order chi connectivity index (χ1) is 10.1. The average Bonchev–Trinajstić information content (AvgIpc) is 2.99. The predicted molar refractivity (Wildman–Crippen MR) is 87.5 cm³/mol. The number of hydrogen-bond acceptors (Lipinski definition) is 2. The van der Waals surface area contributed by atoms with Crippen molar-refractivity contribution in [3.63, 3.8) is 0 Å². The molecule has 0 spiro atoms. The summed E-state index contributed by atoms with van der Waals surface area (Å²) in [5.74, 6) is 0.0369. The molecule has 2 aromatic rings. The van der Waals surface area contributed by atoms with E-state index in [0.29, 0.717) is 6.54 Å². The molecule has 0 aliphatic rings. The number of hydrogen-bond donors (Lipinski definition) is 2. The summed E-state index contributed by atoms with van der Waals surface area (Å²) in [6, 6.07) is 12.0. The molecule has 0 saturated carbocycles. The Morgan fingerprint density at radius 2 is 2.05 bits per heavy atom. The molecule has 0 saturated heterocycles. The summed E-state index contributed by atoms with van der Waals surface area (Å²) in [6.45, 7) is 4.44. The average molecular weight is 324 g/mol. The molecule has 2 rings (SSSR count). The maximum Gasteiger partial charge on any atom is 0.275 e. The van der Waals surface area contributed by atoms with Crippen LogP contribution in [-0.4, -0.2) is 12.5 Å². The molecule has 112 valence electrons. The summed E-state index contributed by atoms with van der Waals surface area (Å²) in [4.78, 5) is 13.2. The van der Waals surface area contributed by atoms with Gasteiger partial charge in [0.2, 0.25) is 0 Å². The van der Waals surface area contributed by atoms with Crippen LogP contribution in [0.1, 0.15) is 36.4 Å². The minimum absolute atomic E-state index is 0.0369. The van der Waals surface area contributed by atoms with E-state index in [-0.39, 0.29) is 18.0 Å². The Morgan fingerprint density at radius 3 is 2.71 bits per heavy atom. The van der Waals surface area contributed by atoms with Crippen molar-refractivity contribution in [2.24, 2.45) is 0 Å².